The van der Waals surface area contributed by atoms with Crippen molar-refractivity contribution in [2.24, 2.45) is 0 Å². The van der Waals surface area contributed by atoms with E-state index in [1.54, 1.807) is 27.7 Å². The average Bonchev–Trinajstić information content (AvgIpc) is 2.85. The molecule has 2 aromatic carbocycles. The zero-order chi connectivity index (χ0) is 21.5. The van der Waals surface area contributed by atoms with Crippen LogP contribution < -0.4 is 0 Å². The van der Waals surface area contributed by atoms with E-state index >= 15 is 0 Å². The quantitative estimate of drug-likeness (QED) is 0.656. The Labute approximate surface area is 166 Å². The summed E-state index contributed by atoms with van der Waals surface area (Å²) >= 11 is 0. The van der Waals surface area contributed by atoms with Crippen molar-refractivity contribution in [2.75, 3.05) is 0 Å². The molecule has 0 radical (unpaired) electrons. The highest BCUT2D eigenvalue weighted by Crippen LogP contribution is 2.32. The maximum Gasteiger partial charge on any atom is 0.310 e. The fourth-order valence-electron chi connectivity index (χ4n) is 3.25. The second-order valence-electron chi connectivity index (χ2n) is 7.80. The highest BCUT2D eigenvalue weighted by Gasteiger charge is 2.25. The highest BCUT2D eigenvalue weighted by molar-refractivity contribution is 6.05. The first-order valence-corrected chi connectivity index (χ1v) is 9.02. The number of carbonyl (C=O) groups is 2. The highest BCUT2D eigenvalue weighted by atomic mass is 19.1. The number of fused-ring (bicyclic) bond motifs is 1. The number of ether oxygens (including phenoxy) is 1. The summed E-state index contributed by atoms with van der Waals surface area (Å²) in [5, 5.41) is 10.2. The number of aromatic hydroxyl groups is 1. The molecule has 1 N–H and O–H groups in total. The van der Waals surface area contributed by atoms with Crippen molar-refractivity contribution < 1.29 is 28.2 Å². The summed E-state index contributed by atoms with van der Waals surface area (Å²) in [5.41, 5.74) is 0.349. The SMILES string of the molecule is Cc1c(CC(=O)OC(C)(C)C)c2cc(O)c(F)cc2n1C(=O)c1cccc(F)c1. The molecule has 3 aromatic rings. The molecule has 29 heavy (non-hydrogen) atoms. The Bertz CT molecular complexity index is 1130. The molecule has 152 valence electrons. The third-order valence-corrected chi connectivity index (χ3v) is 4.42. The first-order chi connectivity index (χ1) is 13.5. The van der Waals surface area contributed by atoms with Crippen LogP contribution in [0.15, 0.2) is 36.4 Å². The standard InChI is InChI=1S/C22H21F2NO4/c1-12-15(10-20(27)29-22(2,3)4)16-9-19(26)17(24)11-18(16)25(12)21(28)13-6-5-7-14(23)8-13/h5-9,11,26H,10H2,1-4H3. The average molecular weight is 401 g/mol. The lowest BCUT2D eigenvalue weighted by molar-refractivity contribution is -0.153. The number of hydrogen-bond acceptors (Lipinski definition) is 4. The second-order valence-corrected chi connectivity index (χ2v) is 7.80. The van der Waals surface area contributed by atoms with Gasteiger partial charge in [-0.1, -0.05) is 6.07 Å². The van der Waals surface area contributed by atoms with Gasteiger partial charge in [0.25, 0.3) is 5.91 Å². The maximum atomic E-state index is 14.1. The van der Waals surface area contributed by atoms with Crippen LogP contribution in [0, 0.1) is 18.6 Å². The summed E-state index contributed by atoms with van der Waals surface area (Å²) in [7, 11) is 0. The number of halogens is 2. The van der Waals surface area contributed by atoms with Crippen molar-refractivity contribution >= 4 is 22.8 Å². The summed E-state index contributed by atoms with van der Waals surface area (Å²) in [5.74, 6) is -3.19. The van der Waals surface area contributed by atoms with Crippen LogP contribution in [-0.2, 0) is 16.0 Å². The Morgan fingerprint density at radius 2 is 1.83 bits per heavy atom. The van der Waals surface area contributed by atoms with E-state index in [1.807, 2.05) is 0 Å². The minimum atomic E-state index is -0.910. The number of benzene rings is 2. The van der Waals surface area contributed by atoms with E-state index in [-0.39, 0.29) is 17.5 Å². The molecule has 0 bridgehead atoms. The minimum absolute atomic E-state index is 0.0716. The smallest absolute Gasteiger partial charge is 0.310 e. The minimum Gasteiger partial charge on any atom is -0.505 e. The van der Waals surface area contributed by atoms with Crippen molar-refractivity contribution in [3.8, 4) is 5.75 Å². The van der Waals surface area contributed by atoms with Gasteiger partial charge in [-0.15, -0.1) is 0 Å². The maximum absolute atomic E-state index is 14.1. The predicted molar refractivity (Wildman–Crippen MR) is 104 cm³/mol. The van der Waals surface area contributed by atoms with E-state index in [4.69, 9.17) is 4.74 Å². The molecule has 0 aliphatic rings. The number of nitrogens with zero attached hydrogens (tertiary/aromatic N) is 1. The Kier molecular flexibility index (Phi) is 5.17. The van der Waals surface area contributed by atoms with Crippen molar-refractivity contribution in [1.29, 1.82) is 0 Å². The zero-order valence-corrected chi connectivity index (χ0v) is 16.5. The van der Waals surface area contributed by atoms with Gasteiger partial charge in [0.2, 0.25) is 0 Å². The monoisotopic (exact) mass is 401 g/mol. The number of carbonyl (C=O) groups excluding carboxylic acids is 2. The molecule has 0 aliphatic carbocycles. The predicted octanol–water partition coefficient (Wildman–Crippen LogP) is 4.51. The van der Waals surface area contributed by atoms with Gasteiger partial charge in [-0.25, -0.2) is 8.78 Å². The Morgan fingerprint density at radius 3 is 2.45 bits per heavy atom. The lowest BCUT2D eigenvalue weighted by Gasteiger charge is -2.19. The summed E-state index contributed by atoms with van der Waals surface area (Å²) < 4.78 is 34.2. The van der Waals surface area contributed by atoms with Gasteiger partial charge >= 0.3 is 5.97 Å². The normalized spacial score (nSPS) is 11.7. The van der Waals surface area contributed by atoms with Crippen LogP contribution in [0.3, 0.4) is 0 Å². The molecule has 0 saturated carbocycles. The molecule has 5 nitrogen and oxygen atoms in total. The molecule has 1 heterocycles. The molecule has 0 aliphatic heterocycles. The molecular weight excluding hydrogens is 380 g/mol. The molecule has 1 aromatic heterocycles. The molecule has 0 atom stereocenters. The number of phenols is 1. The Balaban J connectivity index is 2.18. The van der Waals surface area contributed by atoms with E-state index in [1.165, 1.54) is 28.8 Å². The van der Waals surface area contributed by atoms with Crippen molar-refractivity contribution in [1.82, 2.24) is 4.57 Å². The Hall–Kier alpha value is -3.22. The van der Waals surface area contributed by atoms with Gasteiger partial charge in [-0.05, 0) is 57.5 Å². The van der Waals surface area contributed by atoms with Gasteiger partial charge in [0.05, 0.1) is 11.9 Å². The van der Waals surface area contributed by atoms with Gasteiger partial charge in [0.15, 0.2) is 11.6 Å². The van der Waals surface area contributed by atoms with Crippen molar-refractivity contribution in [3.63, 3.8) is 0 Å². The van der Waals surface area contributed by atoms with Crippen LogP contribution in [0.2, 0.25) is 0 Å². The molecular formula is C22H21F2NO4. The topological polar surface area (TPSA) is 68.5 Å². The van der Waals surface area contributed by atoms with Crippen molar-refractivity contribution in [2.45, 2.75) is 39.7 Å². The summed E-state index contributed by atoms with van der Waals surface area (Å²) in [6.45, 7) is 6.80. The number of aromatic nitrogens is 1. The first kappa shape index (κ1) is 20.5. The van der Waals surface area contributed by atoms with E-state index in [0.29, 0.717) is 16.6 Å². The van der Waals surface area contributed by atoms with Crippen LogP contribution in [0.5, 0.6) is 5.75 Å². The number of hydrogen-bond donors (Lipinski definition) is 1. The van der Waals surface area contributed by atoms with E-state index < -0.39 is 34.9 Å². The van der Waals surface area contributed by atoms with Gasteiger partial charge in [0.1, 0.15) is 11.4 Å². The Morgan fingerprint density at radius 1 is 1.14 bits per heavy atom. The number of phenolic OH excluding ortho intramolecular Hbond substituents is 1. The molecule has 0 unspecified atom stereocenters. The number of rotatable bonds is 3. The molecule has 3 rings (SSSR count). The zero-order valence-electron chi connectivity index (χ0n) is 16.5. The first-order valence-electron chi connectivity index (χ1n) is 9.02. The van der Waals surface area contributed by atoms with Crippen LogP contribution >= 0.6 is 0 Å². The lowest BCUT2D eigenvalue weighted by Crippen LogP contribution is -2.25. The molecule has 0 fully saturated rings. The summed E-state index contributed by atoms with van der Waals surface area (Å²) in [6.07, 6.45) is -0.173. The van der Waals surface area contributed by atoms with Crippen LogP contribution in [0.4, 0.5) is 8.78 Å². The van der Waals surface area contributed by atoms with Gasteiger partial charge in [-0.3, -0.25) is 14.2 Å². The fourth-order valence-corrected chi connectivity index (χ4v) is 3.25. The van der Waals surface area contributed by atoms with Gasteiger partial charge in [0, 0.05) is 22.7 Å². The van der Waals surface area contributed by atoms with E-state index in [2.05, 4.69) is 0 Å². The van der Waals surface area contributed by atoms with Gasteiger partial charge in [-0.2, -0.15) is 0 Å². The summed E-state index contributed by atoms with van der Waals surface area (Å²) in [6, 6.07) is 7.33. The summed E-state index contributed by atoms with van der Waals surface area (Å²) in [4.78, 5) is 25.4. The van der Waals surface area contributed by atoms with Crippen molar-refractivity contribution in [3.05, 3.63) is 64.9 Å². The van der Waals surface area contributed by atoms with Crippen LogP contribution in [0.25, 0.3) is 10.9 Å². The molecule has 0 amide bonds. The fraction of sp³-hybridized carbons (Fsp3) is 0.273. The lowest BCUT2D eigenvalue weighted by atomic mass is 10.1. The third-order valence-electron chi connectivity index (χ3n) is 4.42. The largest absolute Gasteiger partial charge is 0.505 e. The molecule has 0 saturated heterocycles. The van der Waals surface area contributed by atoms with E-state index in [9.17, 15) is 23.5 Å². The van der Waals surface area contributed by atoms with Gasteiger partial charge < -0.3 is 9.84 Å². The second kappa shape index (κ2) is 7.31. The molecule has 7 heteroatoms. The third kappa shape index (κ3) is 4.13. The van der Waals surface area contributed by atoms with Crippen LogP contribution in [-0.4, -0.2) is 27.2 Å². The molecule has 0 spiro atoms. The van der Waals surface area contributed by atoms with E-state index in [0.717, 1.165) is 12.1 Å². The van der Waals surface area contributed by atoms with Crippen LogP contribution in [0.1, 0.15) is 42.4 Å². The number of esters is 1.